The quantitative estimate of drug-likeness (QED) is 0.794. The van der Waals surface area contributed by atoms with Gasteiger partial charge in [0.1, 0.15) is 0 Å². The van der Waals surface area contributed by atoms with E-state index in [1.54, 1.807) is 0 Å². The number of fused-ring (bicyclic) bond motifs is 2. The van der Waals surface area contributed by atoms with E-state index in [0.29, 0.717) is 36.6 Å². The van der Waals surface area contributed by atoms with Crippen LogP contribution in [-0.2, 0) is 9.53 Å². The Balaban J connectivity index is 1.36. The maximum atomic E-state index is 12.0. The van der Waals surface area contributed by atoms with E-state index >= 15 is 0 Å². The van der Waals surface area contributed by atoms with Crippen LogP contribution in [0.15, 0.2) is 0 Å². The summed E-state index contributed by atoms with van der Waals surface area (Å²) in [6, 6.07) is 1.71. The van der Waals surface area contributed by atoms with Crippen molar-refractivity contribution in [3.63, 3.8) is 0 Å². The summed E-state index contributed by atoms with van der Waals surface area (Å²) in [5.74, 6) is 0.807. The number of nitrogens with one attached hydrogen (secondary N) is 2. The fourth-order valence-electron chi connectivity index (χ4n) is 3.94. The van der Waals surface area contributed by atoms with Gasteiger partial charge in [-0.3, -0.25) is 4.79 Å². The third kappa shape index (κ3) is 3.29. The minimum absolute atomic E-state index is 0.256. The Bertz CT molecular complexity index is 316. The molecule has 4 heteroatoms. The van der Waals surface area contributed by atoms with E-state index in [9.17, 15) is 4.79 Å². The molecular formula is C15H26N2O2. The molecule has 2 unspecified atom stereocenters. The summed E-state index contributed by atoms with van der Waals surface area (Å²) in [5.41, 5.74) is 0. The van der Waals surface area contributed by atoms with Gasteiger partial charge in [-0.05, 0) is 51.4 Å². The maximum Gasteiger partial charge on any atom is 0.220 e. The molecule has 0 aromatic rings. The van der Waals surface area contributed by atoms with Crippen molar-refractivity contribution in [3.8, 4) is 0 Å². The number of carbonyl (C=O) groups excluding carboxylic acids is 1. The lowest BCUT2D eigenvalue weighted by Crippen LogP contribution is -2.48. The zero-order chi connectivity index (χ0) is 13.2. The molecule has 1 amide bonds. The van der Waals surface area contributed by atoms with E-state index in [1.807, 2.05) is 6.92 Å². The number of ether oxygens (including phenoxy) is 1. The van der Waals surface area contributed by atoms with Gasteiger partial charge >= 0.3 is 0 Å². The number of piperidine rings is 1. The molecule has 2 aliphatic heterocycles. The molecule has 4 nitrogen and oxygen atoms in total. The van der Waals surface area contributed by atoms with Gasteiger partial charge in [-0.25, -0.2) is 0 Å². The van der Waals surface area contributed by atoms with E-state index in [0.717, 1.165) is 32.3 Å². The third-order valence-corrected chi connectivity index (χ3v) is 4.91. The van der Waals surface area contributed by atoms with Gasteiger partial charge in [0, 0.05) is 31.2 Å². The van der Waals surface area contributed by atoms with Crippen LogP contribution in [0.1, 0.15) is 51.9 Å². The summed E-state index contributed by atoms with van der Waals surface area (Å²) in [7, 11) is 0. The molecule has 2 atom stereocenters. The van der Waals surface area contributed by atoms with Crippen LogP contribution in [0.3, 0.4) is 0 Å². The first-order valence-electron chi connectivity index (χ1n) is 7.90. The van der Waals surface area contributed by atoms with Gasteiger partial charge in [0.25, 0.3) is 0 Å². The Kier molecular flexibility index (Phi) is 4.08. The predicted octanol–water partition coefficient (Wildman–Crippen LogP) is 1.59. The molecule has 1 aliphatic carbocycles. The van der Waals surface area contributed by atoms with Gasteiger partial charge in [0.2, 0.25) is 5.91 Å². The Morgan fingerprint density at radius 1 is 1.21 bits per heavy atom. The van der Waals surface area contributed by atoms with Crippen LogP contribution >= 0.6 is 0 Å². The first kappa shape index (κ1) is 13.4. The molecule has 3 rings (SSSR count). The van der Waals surface area contributed by atoms with Crippen LogP contribution in [0.4, 0.5) is 0 Å². The lowest BCUT2D eigenvalue weighted by atomic mass is 9.80. The summed E-state index contributed by atoms with van der Waals surface area (Å²) < 4.78 is 5.54. The smallest absolute Gasteiger partial charge is 0.220 e. The Labute approximate surface area is 115 Å². The molecule has 19 heavy (non-hydrogen) atoms. The number of amides is 1. The number of carbonyl (C=O) groups is 1. The van der Waals surface area contributed by atoms with Crippen LogP contribution in [0, 0.1) is 5.92 Å². The SMILES string of the molecule is CCOC1CC(CC(=O)NC2CC3CCC(C2)N3)C1. The normalized spacial score (nSPS) is 40.8. The van der Waals surface area contributed by atoms with Crippen LogP contribution in [0.5, 0.6) is 0 Å². The van der Waals surface area contributed by atoms with Gasteiger partial charge in [0.15, 0.2) is 0 Å². The molecule has 108 valence electrons. The van der Waals surface area contributed by atoms with Crippen molar-refractivity contribution in [2.75, 3.05) is 6.61 Å². The lowest BCUT2D eigenvalue weighted by Gasteiger charge is -2.35. The highest BCUT2D eigenvalue weighted by atomic mass is 16.5. The van der Waals surface area contributed by atoms with Crippen molar-refractivity contribution in [1.82, 2.24) is 10.6 Å². The second-order valence-electron chi connectivity index (χ2n) is 6.49. The van der Waals surface area contributed by atoms with Gasteiger partial charge in [-0.2, -0.15) is 0 Å². The third-order valence-electron chi connectivity index (χ3n) is 4.91. The first-order chi connectivity index (χ1) is 9.22. The van der Waals surface area contributed by atoms with Crippen molar-refractivity contribution >= 4 is 5.91 Å². The van der Waals surface area contributed by atoms with E-state index in [2.05, 4.69) is 10.6 Å². The fraction of sp³-hybridized carbons (Fsp3) is 0.933. The molecule has 0 aromatic carbocycles. The van der Waals surface area contributed by atoms with Gasteiger partial charge in [-0.15, -0.1) is 0 Å². The summed E-state index contributed by atoms with van der Waals surface area (Å²) in [4.78, 5) is 12.0. The molecule has 2 saturated heterocycles. The molecule has 2 N–H and O–H groups in total. The van der Waals surface area contributed by atoms with Crippen LogP contribution < -0.4 is 10.6 Å². The summed E-state index contributed by atoms with van der Waals surface area (Å²) in [6.07, 6.45) is 8.06. The zero-order valence-electron chi connectivity index (χ0n) is 11.9. The van der Waals surface area contributed by atoms with Crippen molar-refractivity contribution in [1.29, 1.82) is 0 Å². The lowest BCUT2D eigenvalue weighted by molar-refractivity contribution is -0.125. The molecule has 0 spiro atoms. The molecule has 0 radical (unpaired) electrons. The number of hydrogen-bond acceptors (Lipinski definition) is 3. The monoisotopic (exact) mass is 266 g/mol. The van der Waals surface area contributed by atoms with Crippen molar-refractivity contribution < 1.29 is 9.53 Å². The van der Waals surface area contributed by atoms with Gasteiger partial charge in [-0.1, -0.05) is 0 Å². The molecule has 2 bridgehead atoms. The summed E-state index contributed by atoms with van der Waals surface area (Å²) in [6.45, 7) is 2.83. The first-order valence-corrected chi connectivity index (χ1v) is 7.90. The predicted molar refractivity (Wildman–Crippen MR) is 73.9 cm³/mol. The fourth-order valence-corrected chi connectivity index (χ4v) is 3.94. The highest BCUT2D eigenvalue weighted by Crippen LogP contribution is 2.33. The van der Waals surface area contributed by atoms with E-state index in [-0.39, 0.29) is 5.91 Å². The van der Waals surface area contributed by atoms with Crippen LogP contribution in [0.25, 0.3) is 0 Å². The number of hydrogen-bond donors (Lipinski definition) is 2. The zero-order valence-corrected chi connectivity index (χ0v) is 11.9. The molecular weight excluding hydrogens is 240 g/mol. The van der Waals surface area contributed by atoms with E-state index in [4.69, 9.17) is 4.74 Å². The molecule has 0 aromatic heterocycles. The van der Waals surface area contributed by atoms with Crippen LogP contribution in [-0.4, -0.2) is 36.7 Å². The average molecular weight is 266 g/mol. The van der Waals surface area contributed by atoms with Crippen molar-refractivity contribution in [2.45, 2.75) is 76.1 Å². The number of rotatable bonds is 5. The standard InChI is InChI=1S/C15H26N2O2/c1-2-19-14-5-10(6-14)7-15(18)17-13-8-11-3-4-12(9-13)16-11/h10-14,16H,2-9H2,1H3,(H,17,18). The van der Waals surface area contributed by atoms with Crippen molar-refractivity contribution in [2.24, 2.45) is 5.92 Å². The maximum absolute atomic E-state index is 12.0. The molecule has 3 fully saturated rings. The Hall–Kier alpha value is -0.610. The van der Waals surface area contributed by atoms with Gasteiger partial charge < -0.3 is 15.4 Å². The Morgan fingerprint density at radius 2 is 1.89 bits per heavy atom. The minimum atomic E-state index is 0.256. The second-order valence-corrected chi connectivity index (χ2v) is 6.49. The minimum Gasteiger partial charge on any atom is -0.378 e. The van der Waals surface area contributed by atoms with Crippen molar-refractivity contribution in [3.05, 3.63) is 0 Å². The second kappa shape index (κ2) is 5.80. The summed E-state index contributed by atoms with van der Waals surface area (Å²) >= 11 is 0. The van der Waals surface area contributed by atoms with E-state index in [1.165, 1.54) is 12.8 Å². The Morgan fingerprint density at radius 3 is 2.53 bits per heavy atom. The largest absolute Gasteiger partial charge is 0.378 e. The average Bonchev–Trinajstić information content (AvgIpc) is 2.66. The molecule has 1 saturated carbocycles. The highest BCUT2D eigenvalue weighted by molar-refractivity contribution is 5.76. The molecule has 3 aliphatic rings. The van der Waals surface area contributed by atoms with Crippen LogP contribution in [0.2, 0.25) is 0 Å². The van der Waals surface area contributed by atoms with E-state index < -0.39 is 0 Å². The topological polar surface area (TPSA) is 50.4 Å². The van der Waals surface area contributed by atoms with Gasteiger partial charge in [0.05, 0.1) is 6.10 Å². The molecule has 2 heterocycles. The summed E-state index contributed by atoms with van der Waals surface area (Å²) in [5, 5.41) is 6.85. The highest BCUT2D eigenvalue weighted by Gasteiger charge is 2.35.